The number of oxime groups is 1. The SMILES string of the molecule is CC(=O)ON=C(C[S+](C)C)C(=O)c1cccc(C#N)c1. The first-order valence-corrected chi connectivity index (χ1v) is 7.98. The third-order valence-corrected chi connectivity index (χ3v) is 3.08. The van der Waals surface area contributed by atoms with Crippen LogP contribution in [0.2, 0.25) is 0 Å². The molecule has 0 amide bonds. The Bertz CT molecular complexity index is 588. The highest BCUT2D eigenvalue weighted by molar-refractivity contribution is 7.96. The van der Waals surface area contributed by atoms with E-state index in [1.165, 1.54) is 13.0 Å². The van der Waals surface area contributed by atoms with Crippen LogP contribution in [0.4, 0.5) is 0 Å². The Hall–Kier alpha value is -2.13. The Morgan fingerprint density at radius 1 is 1.40 bits per heavy atom. The van der Waals surface area contributed by atoms with Gasteiger partial charge in [-0.3, -0.25) is 4.79 Å². The molecule has 0 bridgehead atoms. The molecule has 0 saturated carbocycles. The Labute approximate surface area is 120 Å². The van der Waals surface area contributed by atoms with Crippen molar-refractivity contribution in [3.05, 3.63) is 35.4 Å². The van der Waals surface area contributed by atoms with Gasteiger partial charge < -0.3 is 4.84 Å². The predicted molar refractivity (Wildman–Crippen MR) is 78.8 cm³/mol. The topological polar surface area (TPSA) is 79.5 Å². The van der Waals surface area contributed by atoms with Gasteiger partial charge in [-0.05, 0) is 23.0 Å². The molecule has 1 aromatic carbocycles. The molecule has 1 aromatic rings. The van der Waals surface area contributed by atoms with Gasteiger partial charge in [0.15, 0.2) is 11.5 Å². The zero-order chi connectivity index (χ0) is 15.1. The Balaban J connectivity index is 3.06. The maximum Gasteiger partial charge on any atom is 0.331 e. The van der Waals surface area contributed by atoms with Crippen LogP contribution in [0.25, 0.3) is 0 Å². The van der Waals surface area contributed by atoms with E-state index in [9.17, 15) is 9.59 Å². The van der Waals surface area contributed by atoms with E-state index in [1.807, 2.05) is 18.6 Å². The fourth-order valence-corrected chi connectivity index (χ4v) is 2.15. The van der Waals surface area contributed by atoms with E-state index in [4.69, 9.17) is 5.26 Å². The van der Waals surface area contributed by atoms with Crippen molar-refractivity contribution in [2.75, 3.05) is 18.3 Å². The van der Waals surface area contributed by atoms with E-state index in [0.29, 0.717) is 16.9 Å². The minimum absolute atomic E-state index is 0.0698. The second kappa shape index (κ2) is 7.46. The molecule has 0 heterocycles. The summed E-state index contributed by atoms with van der Waals surface area (Å²) in [4.78, 5) is 27.7. The number of ketones is 1. The van der Waals surface area contributed by atoms with Gasteiger partial charge in [0.25, 0.3) is 0 Å². The predicted octanol–water partition coefficient (Wildman–Crippen LogP) is 1.54. The van der Waals surface area contributed by atoms with Gasteiger partial charge in [0, 0.05) is 12.5 Å². The van der Waals surface area contributed by atoms with E-state index in [1.54, 1.807) is 18.2 Å². The van der Waals surface area contributed by atoms with Crippen LogP contribution in [0.5, 0.6) is 0 Å². The number of benzene rings is 1. The van der Waals surface area contributed by atoms with Crippen LogP contribution in [0.1, 0.15) is 22.8 Å². The van der Waals surface area contributed by atoms with Crippen molar-refractivity contribution in [2.24, 2.45) is 5.16 Å². The molecule has 1 rings (SSSR count). The van der Waals surface area contributed by atoms with E-state index in [0.717, 1.165) is 0 Å². The van der Waals surface area contributed by atoms with Gasteiger partial charge in [0.2, 0.25) is 5.78 Å². The van der Waals surface area contributed by atoms with Crippen molar-refractivity contribution >= 4 is 28.4 Å². The highest BCUT2D eigenvalue weighted by atomic mass is 32.2. The lowest BCUT2D eigenvalue weighted by molar-refractivity contribution is -0.140. The standard InChI is InChI=1S/C14H15N2O3S/c1-10(17)19-16-13(9-20(2)3)14(18)12-6-4-5-11(7-12)8-15/h4-7H,9H2,1-3H3/q+1. The third-order valence-electron chi connectivity index (χ3n) is 2.23. The number of rotatable bonds is 5. The lowest BCUT2D eigenvalue weighted by atomic mass is 10.1. The molecular formula is C14H15N2O3S+. The molecule has 0 fully saturated rings. The molecule has 20 heavy (non-hydrogen) atoms. The summed E-state index contributed by atoms with van der Waals surface area (Å²) in [6.07, 6.45) is 3.92. The van der Waals surface area contributed by atoms with Crippen LogP contribution in [-0.2, 0) is 20.5 Å². The molecule has 0 aliphatic heterocycles. The molecule has 0 atom stereocenters. The van der Waals surface area contributed by atoms with Crippen LogP contribution in [0, 0.1) is 11.3 Å². The number of hydrogen-bond acceptors (Lipinski definition) is 5. The first-order valence-electron chi connectivity index (χ1n) is 5.77. The van der Waals surface area contributed by atoms with E-state index < -0.39 is 5.97 Å². The normalized spacial score (nSPS) is 11.1. The number of nitrogens with zero attached hydrogens (tertiary/aromatic N) is 2. The van der Waals surface area contributed by atoms with Crippen molar-refractivity contribution < 1.29 is 14.4 Å². The van der Waals surface area contributed by atoms with Gasteiger partial charge in [-0.2, -0.15) is 5.26 Å². The number of nitriles is 1. The molecule has 6 heteroatoms. The fourth-order valence-electron chi connectivity index (χ4n) is 1.42. The summed E-state index contributed by atoms with van der Waals surface area (Å²) in [5.74, 6) is -0.485. The van der Waals surface area contributed by atoms with Crippen LogP contribution in [-0.4, -0.2) is 35.7 Å². The summed E-state index contributed by atoms with van der Waals surface area (Å²) in [5.41, 5.74) is 0.943. The molecule has 0 aromatic heterocycles. The summed E-state index contributed by atoms with van der Waals surface area (Å²) in [6, 6.07) is 8.33. The molecular weight excluding hydrogens is 276 g/mol. The van der Waals surface area contributed by atoms with Gasteiger partial charge in [-0.1, -0.05) is 17.3 Å². The molecule has 0 spiro atoms. The lowest BCUT2D eigenvalue weighted by Gasteiger charge is -2.03. The second-order valence-electron chi connectivity index (χ2n) is 4.27. The summed E-state index contributed by atoms with van der Waals surface area (Å²) in [5, 5.41) is 12.5. The molecule has 0 saturated heterocycles. The number of carbonyl (C=O) groups excluding carboxylic acids is 2. The lowest BCUT2D eigenvalue weighted by Crippen LogP contribution is -2.24. The Kier molecular flexibility index (Phi) is 5.94. The van der Waals surface area contributed by atoms with E-state index in [-0.39, 0.29) is 22.4 Å². The van der Waals surface area contributed by atoms with Crippen molar-refractivity contribution in [3.63, 3.8) is 0 Å². The smallest absolute Gasteiger partial charge is 0.318 e. The first-order chi connectivity index (χ1) is 9.43. The summed E-state index contributed by atoms with van der Waals surface area (Å²) in [7, 11) is -0.0698. The van der Waals surface area contributed by atoms with Crippen molar-refractivity contribution in [1.29, 1.82) is 5.26 Å². The monoisotopic (exact) mass is 291 g/mol. The molecule has 0 N–H and O–H groups in total. The highest BCUT2D eigenvalue weighted by Gasteiger charge is 2.21. The van der Waals surface area contributed by atoms with Crippen molar-refractivity contribution in [1.82, 2.24) is 0 Å². The summed E-state index contributed by atoms with van der Waals surface area (Å²) in [6.45, 7) is 1.22. The summed E-state index contributed by atoms with van der Waals surface area (Å²) < 4.78 is 0. The van der Waals surface area contributed by atoms with Crippen LogP contribution < -0.4 is 0 Å². The average Bonchev–Trinajstić information content (AvgIpc) is 2.42. The quantitative estimate of drug-likeness (QED) is 0.271. The van der Waals surface area contributed by atoms with E-state index in [2.05, 4.69) is 9.99 Å². The van der Waals surface area contributed by atoms with E-state index >= 15 is 0 Å². The molecule has 0 unspecified atom stereocenters. The van der Waals surface area contributed by atoms with Crippen LogP contribution >= 0.6 is 0 Å². The average molecular weight is 291 g/mol. The zero-order valence-corrected chi connectivity index (χ0v) is 12.4. The zero-order valence-electron chi connectivity index (χ0n) is 11.5. The maximum atomic E-state index is 12.3. The maximum absolute atomic E-state index is 12.3. The minimum atomic E-state index is -0.576. The van der Waals surface area contributed by atoms with Gasteiger partial charge in [-0.15, -0.1) is 0 Å². The molecule has 0 aliphatic rings. The summed E-state index contributed by atoms with van der Waals surface area (Å²) >= 11 is 0. The van der Waals surface area contributed by atoms with Gasteiger partial charge in [0.1, 0.15) is 0 Å². The highest BCUT2D eigenvalue weighted by Crippen LogP contribution is 2.07. The van der Waals surface area contributed by atoms with Crippen LogP contribution in [0.3, 0.4) is 0 Å². The Morgan fingerprint density at radius 3 is 2.65 bits per heavy atom. The van der Waals surface area contributed by atoms with Gasteiger partial charge in [-0.25, -0.2) is 4.79 Å². The van der Waals surface area contributed by atoms with Crippen LogP contribution in [0.15, 0.2) is 29.4 Å². The largest absolute Gasteiger partial charge is 0.331 e. The first kappa shape index (κ1) is 15.9. The van der Waals surface area contributed by atoms with Crippen molar-refractivity contribution in [2.45, 2.75) is 6.92 Å². The molecule has 104 valence electrons. The number of carbonyl (C=O) groups is 2. The third kappa shape index (κ3) is 4.86. The van der Waals surface area contributed by atoms with Gasteiger partial charge in [0.05, 0.1) is 24.1 Å². The fraction of sp³-hybridized carbons (Fsp3) is 0.286. The minimum Gasteiger partial charge on any atom is -0.318 e. The molecule has 0 aliphatic carbocycles. The Morgan fingerprint density at radius 2 is 2.10 bits per heavy atom. The number of Topliss-reactive ketones (excluding diaryl/α,β-unsaturated/α-hetero) is 1. The molecule has 0 radical (unpaired) electrons. The second-order valence-corrected chi connectivity index (χ2v) is 6.53. The van der Waals surface area contributed by atoms with Crippen molar-refractivity contribution in [3.8, 4) is 6.07 Å². The molecule has 5 nitrogen and oxygen atoms in total. The number of hydrogen-bond donors (Lipinski definition) is 0. The van der Waals surface area contributed by atoms with Gasteiger partial charge >= 0.3 is 5.97 Å².